The first-order chi connectivity index (χ1) is 23.0. The molecule has 0 aliphatic carbocycles. The molecule has 0 bridgehead atoms. The highest BCUT2D eigenvalue weighted by atomic mass is 19.4. The van der Waals surface area contributed by atoms with Gasteiger partial charge in [-0.15, -0.1) is 0 Å². The lowest BCUT2D eigenvalue weighted by atomic mass is 9.80. The maximum Gasteiger partial charge on any atom is 0.416 e. The Balaban J connectivity index is 1.57. The van der Waals surface area contributed by atoms with Gasteiger partial charge in [0.25, 0.3) is 17.7 Å². The maximum absolute atomic E-state index is 14.4. The maximum atomic E-state index is 14.4. The Labute approximate surface area is 272 Å². The van der Waals surface area contributed by atoms with E-state index in [9.17, 15) is 37.2 Å². The monoisotopic (exact) mass is 660 g/mol. The highest BCUT2D eigenvalue weighted by Crippen LogP contribution is 2.44. The number of rotatable bonds is 8. The standard InChI is InChI=1S/C34H28F4N6O4/c1-2-42-31-27(29(41-44(31)24-9-4-3-5-10-24)33(47)43(16-15-39)25-18-48-19-25)26(20-11-13-23(35)14-12-20)28(32(42)46)40-30(45)21-7-6-8-22(17-21)34(36,37)38/h3-14,17,25-26,28H,2,16,18-19H2,1H3,(H,40,45)/t26-,28-/m0/s1. The lowest BCUT2D eigenvalue weighted by Crippen LogP contribution is -2.56. The van der Waals surface area contributed by atoms with Crippen LogP contribution in [0.5, 0.6) is 0 Å². The van der Waals surface area contributed by atoms with Crippen molar-refractivity contribution >= 4 is 23.5 Å². The molecule has 246 valence electrons. The highest BCUT2D eigenvalue weighted by molar-refractivity contribution is 6.07. The van der Waals surface area contributed by atoms with E-state index in [1.807, 2.05) is 6.07 Å². The van der Waals surface area contributed by atoms with E-state index in [1.165, 1.54) is 32.7 Å². The Morgan fingerprint density at radius 1 is 1.06 bits per heavy atom. The van der Waals surface area contributed by atoms with Crippen LogP contribution in [-0.2, 0) is 15.7 Å². The van der Waals surface area contributed by atoms with Crippen molar-refractivity contribution in [1.82, 2.24) is 20.0 Å². The van der Waals surface area contributed by atoms with E-state index >= 15 is 0 Å². The second-order valence-corrected chi connectivity index (χ2v) is 11.3. The van der Waals surface area contributed by atoms with Crippen LogP contribution in [0.4, 0.5) is 23.4 Å². The number of ether oxygens (including phenoxy) is 1. The minimum absolute atomic E-state index is 0.0580. The van der Waals surface area contributed by atoms with Crippen molar-refractivity contribution in [2.24, 2.45) is 0 Å². The van der Waals surface area contributed by atoms with Crippen molar-refractivity contribution in [3.05, 3.63) is 113 Å². The molecule has 1 aromatic heterocycles. The first-order valence-electron chi connectivity index (χ1n) is 15.0. The van der Waals surface area contributed by atoms with E-state index in [1.54, 1.807) is 37.3 Å². The van der Waals surface area contributed by atoms with Gasteiger partial charge in [-0.25, -0.2) is 9.07 Å². The first-order valence-corrected chi connectivity index (χ1v) is 15.0. The number of amides is 3. The van der Waals surface area contributed by atoms with E-state index in [0.29, 0.717) is 17.3 Å². The summed E-state index contributed by atoms with van der Waals surface area (Å²) in [4.78, 5) is 45.0. The van der Waals surface area contributed by atoms with Gasteiger partial charge >= 0.3 is 6.18 Å². The SMILES string of the molecule is CCN1C(=O)[C@@H](NC(=O)c2cccc(C(F)(F)F)c2)[C@@H](c2ccc(F)cc2)c2c(C(=O)N(CC#N)C3COC3)nn(-c3ccccc3)c21. The zero-order valence-corrected chi connectivity index (χ0v) is 25.4. The minimum atomic E-state index is -4.72. The quantitative estimate of drug-likeness (QED) is 0.216. The zero-order valence-electron chi connectivity index (χ0n) is 25.4. The van der Waals surface area contributed by atoms with Crippen LogP contribution in [-0.4, -0.2) is 70.8 Å². The van der Waals surface area contributed by atoms with Crippen LogP contribution in [0.25, 0.3) is 5.69 Å². The number of likely N-dealkylation sites (N-methyl/N-ethyl adjacent to an activating group) is 1. The molecule has 3 heterocycles. The number of carbonyl (C=O) groups excluding carboxylic acids is 3. The second-order valence-electron chi connectivity index (χ2n) is 11.3. The van der Waals surface area contributed by atoms with E-state index in [-0.39, 0.29) is 48.9 Å². The third kappa shape index (κ3) is 5.88. The summed E-state index contributed by atoms with van der Waals surface area (Å²) in [5.74, 6) is -3.73. The van der Waals surface area contributed by atoms with Gasteiger partial charge in [-0.3, -0.25) is 19.3 Å². The number of nitriles is 1. The van der Waals surface area contributed by atoms with Crippen molar-refractivity contribution in [2.75, 3.05) is 31.2 Å². The molecule has 1 N–H and O–H groups in total. The summed E-state index contributed by atoms with van der Waals surface area (Å²) < 4.78 is 61.4. The second kappa shape index (κ2) is 12.9. The Kier molecular flexibility index (Phi) is 8.72. The molecule has 48 heavy (non-hydrogen) atoms. The molecule has 3 amide bonds. The zero-order chi connectivity index (χ0) is 34.2. The number of benzene rings is 3. The number of anilines is 1. The molecule has 10 nitrogen and oxygen atoms in total. The van der Waals surface area contributed by atoms with Gasteiger partial charge in [0.1, 0.15) is 24.2 Å². The van der Waals surface area contributed by atoms with Crippen LogP contribution in [0.3, 0.4) is 0 Å². The lowest BCUT2D eigenvalue weighted by Gasteiger charge is -2.39. The number of carbonyl (C=O) groups is 3. The predicted octanol–water partition coefficient (Wildman–Crippen LogP) is 4.69. The smallest absolute Gasteiger partial charge is 0.377 e. The molecule has 3 aromatic carbocycles. The number of para-hydroxylation sites is 1. The summed E-state index contributed by atoms with van der Waals surface area (Å²) in [7, 11) is 0. The summed E-state index contributed by atoms with van der Waals surface area (Å²) in [6.07, 6.45) is -4.72. The molecule has 2 aliphatic heterocycles. The van der Waals surface area contributed by atoms with Crippen LogP contribution in [0, 0.1) is 17.1 Å². The number of halogens is 4. The van der Waals surface area contributed by atoms with Crippen molar-refractivity contribution in [3.8, 4) is 11.8 Å². The Hall–Kier alpha value is -5.55. The molecule has 6 rings (SSSR count). The van der Waals surface area contributed by atoms with E-state index < -0.39 is 53.3 Å². The van der Waals surface area contributed by atoms with Gasteiger partial charge in [0.15, 0.2) is 5.69 Å². The molecule has 14 heteroatoms. The van der Waals surface area contributed by atoms with Gasteiger partial charge in [-0.05, 0) is 55.0 Å². The molecule has 4 aromatic rings. The first kappa shape index (κ1) is 32.4. The summed E-state index contributed by atoms with van der Waals surface area (Å²) in [5.41, 5.74) is -0.458. The van der Waals surface area contributed by atoms with Crippen LogP contribution in [0.15, 0.2) is 78.9 Å². The number of nitrogens with zero attached hydrogens (tertiary/aromatic N) is 5. The largest absolute Gasteiger partial charge is 0.416 e. The third-order valence-electron chi connectivity index (χ3n) is 8.38. The number of aromatic nitrogens is 2. The summed E-state index contributed by atoms with van der Waals surface area (Å²) in [5, 5.41) is 16.9. The van der Waals surface area contributed by atoms with Crippen LogP contribution in [0.1, 0.15) is 50.4 Å². The van der Waals surface area contributed by atoms with Crippen molar-refractivity contribution in [2.45, 2.75) is 31.1 Å². The van der Waals surface area contributed by atoms with Crippen LogP contribution in [0.2, 0.25) is 0 Å². The van der Waals surface area contributed by atoms with E-state index in [4.69, 9.17) is 9.84 Å². The average molecular weight is 661 g/mol. The molecule has 0 unspecified atom stereocenters. The normalized spacial score (nSPS) is 17.7. The molecule has 0 saturated carbocycles. The summed E-state index contributed by atoms with van der Waals surface area (Å²) >= 11 is 0. The minimum Gasteiger partial charge on any atom is -0.377 e. The van der Waals surface area contributed by atoms with Gasteiger partial charge in [-0.2, -0.15) is 23.5 Å². The number of nitrogens with one attached hydrogen (secondary N) is 1. The molecule has 2 aliphatic rings. The van der Waals surface area contributed by atoms with Crippen LogP contribution >= 0.6 is 0 Å². The molecule has 2 atom stereocenters. The van der Waals surface area contributed by atoms with E-state index in [0.717, 1.165) is 24.3 Å². The van der Waals surface area contributed by atoms with Gasteiger partial charge in [0.2, 0.25) is 0 Å². The molecule has 1 fully saturated rings. The molecular formula is C34H28F4N6O4. The molecule has 1 saturated heterocycles. The number of fused-ring (bicyclic) bond motifs is 1. The van der Waals surface area contributed by atoms with Crippen LogP contribution < -0.4 is 10.2 Å². The molecular weight excluding hydrogens is 632 g/mol. The van der Waals surface area contributed by atoms with Crippen molar-refractivity contribution < 1.29 is 36.7 Å². The third-order valence-corrected chi connectivity index (χ3v) is 8.38. The molecule has 0 spiro atoms. The number of alkyl halides is 3. The molecule has 0 radical (unpaired) electrons. The Morgan fingerprint density at radius 2 is 1.77 bits per heavy atom. The van der Waals surface area contributed by atoms with Gasteiger partial charge in [-0.1, -0.05) is 36.4 Å². The van der Waals surface area contributed by atoms with Crippen molar-refractivity contribution in [3.63, 3.8) is 0 Å². The van der Waals surface area contributed by atoms with Gasteiger partial charge < -0.3 is 15.0 Å². The predicted molar refractivity (Wildman–Crippen MR) is 164 cm³/mol. The van der Waals surface area contributed by atoms with E-state index in [2.05, 4.69) is 5.32 Å². The fourth-order valence-corrected chi connectivity index (χ4v) is 5.98. The summed E-state index contributed by atoms with van der Waals surface area (Å²) in [6.45, 7) is 1.86. The fraction of sp³-hybridized carbons (Fsp3) is 0.265. The number of hydrogen-bond acceptors (Lipinski definition) is 6. The lowest BCUT2D eigenvalue weighted by molar-refractivity contribution is -0.137. The number of hydrogen-bond donors (Lipinski definition) is 1. The fourth-order valence-electron chi connectivity index (χ4n) is 5.98. The highest BCUT2D eigenvalue weighted by Gasteiger charge is 2.48. The average Bonchev–Trinajstić information content (AvgIpc) is 3.44. The van der Waals surface area contributed by atoms with Gasteiger partial charge in [0.05, 0.1) is 36.6 Å². The van der Waals surface area contributed by atoms with Crippen molar-refractivity contribution in [1.29, 1.82) is 5.26 Å². The topological polar surface area (TPSA) is 121 Å². The Bertz CT molecular complexity index is 1900. The Morgan fingerprint density at radius 3 is 2.38 bits per heavy atom. The summed E-state index contributed by atoms with van der Waals surface area (Å²) in [6, 6.07) is 17.8. The van der Waals surface area contributed by atoms with Gasteiger partial charge in [0, 0.05) is 23.6 Å².